The quantitative estimate of drug-likeness (QED) is 0.709. The number of fused-ring (bicyclic) bond motifs is 1. The lowest BCUT2D eigenvalue weighted by atomic mass is 9.77. The number of carbonyl (C=O) groups is 1. The summed E-state index contributed by atoms with van der Waals surface area (Å²) in [5.41, 5.74) is 1.90. The van der Waals surface area contributed by atoms with Crippen LogP contribution < -0.4 is 11.1 Å². The van der Waals surface area contributed by atoms with Gasteiger partial charge in [-0.25, -0.2) is 9.18 Å². The van der Waals surface area contributed by atoms with Crippen LogP contribution in [0.15, 0.2) is 51.7 Å². The van der Waals surface area contributed by atoms with Crippen LogP contribution in [0.25, 0.3) is 11.1 Å². The summed E-state index contributed by atoms with van der Waals surface area (Å²) in [6.45, 7) is 0. The number of aromatic amines is 1. The Bertz CT molecular complexity index is 1000. The molecule has 3 aromatic rings. The van der Waals surface area contributed by atoms with Crippen molar-refractivity contribution in [1.29, 1.82) is 0 Å². The zero-order valence-corrected chi connectivity index (χ0v) is 14.8. The Kier molecular flexibility index (Phi) is 4.79. The first-order chi connectivity index (χ1) is 13.1. The summed E-state index contributed by atoms with van der Waals surface area (Å²) in [6, 6.07) is 13.0. The van der Waals surface area contributed by atoms with Crippen LogP contribution in [0.5, 0.6) is 0 Å². The molecule has 0 atom stereocenters. The molecule has 0 bridgehead atoms. The van der Waals surface area contributed by atoms with Crippen LogP contribution in [-0.4, -0.2) is 10.9 Å². The van der Waals surface area contributed by atoms with Gasteiger partial charge in [-0.1, -0.05) is 30.3 Å². The first kappa shape index (κ1) is 17.5. The molecule has 1 aromatic heterocycles. The highest BCUT2D eigenvalue weighted by Gasteiger charge is 2.24. The molecule has 1 saturated carbocycles. The molecule has 0 saturated heterocycles. The van der Waals surface area contributed by atoms with E-state index < -0.39 is 11.6 Å². The van der Waals surface area contributed by atoms with Crippen molar-refractivity contribution in [2.24, 2.45) is 5.92 Å². The molecular formula is C21H21FN2O3. The van der Waals surface area contributed by atoms with Gasteiger partial charge in [-0.05, 0) is 43.1 Å². The van der Waals surface area contributed by atoms with Crippen LogP contribution in [0.2, 0.25) is 0 Å². The van der Waals surface area contributed by atoms with Crippen LogP contribution in [0.3, 0.4) is 0 Å². The lowest BCUT2D eigenvalue weighted by Gasteiger charge is -2.28. The summed E-state index contributed by atoms with van der Waals surface area (Å²) in [5.74, 6) is -0.596. The molecule has 0 unspecified atom stereocenters. The minimum Gasteiger partial charge on any atom is -0.408 e. The normalized spacial score (nSPS) is 19.9. The van der Waals surface area contributed by atoms with Gasteiger partial charge >= 0.3 is 5.76 Å². The van der Waals surface area contributed by atoms with Crippen molar-refractivity contribution in [3.63, 3.8) is 0 Å². The molecule has 0 radical (unpaired) electrons. The summed E-state index contributed by atoms with van der Waals surface area (Å²) >= 11 is 0. The van der Waals surface area contributed by atoms with E-state index >= 15 is 0 Å². The van der Waals surface area contributed by atoms with Crippen LogP contribution in [-0.2, 0) is 4.79 Å². The minimum absolute atomic E-state index is 0.0354. The number of benzene rings is 2. The molecular weight excluding hydrogens is 347 g/mol. The predicted octanol–water partition coefficient (Wildman–Crippen LogP) is 4.56. The monoisotopic (exact) mass is 368 g/mol. The Morgan fingerprint density at radius 1 is 1.15 bits per heavy atom. The molecule has 27 heavy (non-hydrogen) atoms. The topological polar surface area (TPSA) is 75.1 Å². The van der Waals surface area contributed by atoms with E-state index in [4.69, 9.17) is 4.42 Å². The molecule has 1 aliphatic rings. The van der Waals surface area contributed by atoms with Crippen molar-refractivity contribution in [1.82, 2.24) is 4.98 Å². The molecule has 2 aromatic carbocycles. The number of hydrogen-bond donors (Lipinski definition) is 2. The summed E-state index contributed by atoms with van der Waals surface area (Å²) < 4.78 is 19.0. The van der Waals surface area contributed by atoms with Gasteiger partial charge in [-0.2, -0.15) is 0 Å². The number of amides is 1. The third-order valence-corrected chi connectivity index (χ3v) is 5.37. The zero-order chi connectivity index (χ0) is 18.8. The maximum Gasteiger partial charge on any atom is 0.417 e. The molecule has 6 heteroatoms. The van der Waals surface area contributed by atoms with Crippen molar-refractivity contribution < 1.29 is 13.6 Å². The van der Waals surface area contributed by atoms with Crippen LogP contribution in [0.4, 0.5) is 10.1 Å². The number of anilines is 1. The maximum atomic E-state index is 14.1. The third kappa shape index (κ3) is 3.94. The fraction of sp³-hybridized carbons (Fsp3) is 0.333. The van der Waals surface area contributed by atoms with Crippen LogP contribution in [0, 0.1) is 11.7 Å². The van der Waals surface area contributed by atoms with Crippen molar-refractivity contribution in [3.8, 4) is 0 Å². The van der Waals surface area contributed by atoms with Gasteiger partial charge in [0.25, 0.3) is 0 Å². The van der Waals surface area contributed by atoms with Crippen molar-refractivity contribution >= 4 is 22.7 Å². The Hall–Kier alpha value is -2.89. The van der Waals surface area contributed by atoms with E-state index in [9.17, 15) is 14.0 Å². The van der Waals surface area contributed by atoms with Crippen LogP contribution >= 0.6 is 0 Å². The standard InChI is InChI=1S/C21H21FN2O3/c22-16-11-18-19(27-21(26)24-18)12-17(16)23-20(25)10-13-6-8-15(9-7-13)14-4-2-1-3-5-14/h1-5,11-13,15H,6-10H2,(H,23,25)(H,24,26). The van der Waals surface area contributed by atoms with Gasteiger partial charge in [-0.15, -0.1) is 0 Å². The van der Waals surface area contributed by atoms with Gasteiger partial charge in [0.05, 0.1) is 11.2 Å². The minimum atomic E-state index is -0.650. The first-order valence-corrected chi connectivity index (χ1v) is 9.25. The van der Waals surface area contributed by atoms with Crippen molar-refractivity contribution in [3.05, 3.63) is 64.4 Å². The third-order valence-electron chi connectivity index (χ3n) is 5.37. The fourth-order valence-corrected chi connectivity index (χ4v) is 3.96. The number of carbonyl (C=O) groups excluding carboxylic acids is 1. The van der Waals surface area contributed by atoms with Crippen molar-refractivity contribution in [2.45, 2.75) is 38.0 Å². The lowest BCUT2D eigenvalue weighted by molar-refractivity contribution is -0.117. The predicted molar refractivity (Wildman–Crippen MR) is 101 cm³/mol. The number of nitrogens with one attached hydrogen (secondary N) is 2. The van der Waals surface area contributed by atoms with Gasteiger partial charge in [0, 0.05) is 18.6 Å². The van der Waals surface area contributed by atoms with E-state index in [1.165, 1.54) is 11.6 Å². The van der Waals surface area contributed by atoms with Gasteiger partial charge in [0.2, 0.25) is 5.91 Å². The summed E-state index contributed by atoms with van der Waals surface area (Å²) in [6.07, 6.45) is 4.48. The number of oxazole rings is 1. The highest BCUT2D eigenvalue weighted by atomic mass is 19.1. The Labute approximate surface area is 155 Å². The SMILES string of the molecule is O=C(CC1CCC(c2ccccc2)CC1)Nc1cc2oc(=O)[nH]c2cc1F. The molecule has 1 amide bonds. The van der Waals surface area contributed by atoms with Gasteiger partial charge in [-0.3, -0.25) is 9.78 Å². The van der Waals surface area contributed by atoms with E-state index in [-0.39, 0.29) is 22.7 Å². The molecule has 4 rings (SSSR count). The molecule has 2 N–H and O–H groups in total. The molecule has 1 aliphatic carbocycles. The molecule has 1 heterocycles. The number of H-pyrrole nitrogens is 1. The second-order valence-electron chi connectivity index (χ2n) is 7.22. The largest absolute Gasteiger partial charge is 0.417 e. The van der Waals surface area contributed by atoms with Gasteiger partial charge < -0.3 is 9.73 Å². The zero-order valence-electron chi connectivity index (χ0n) is 14.8. The Morgan fingerprint density at radius 2 is 1.89 bits per heavy atom. The van der Waals surface area contributed by atoms with E-state index in [0.29, 0.717) is 18.3 Å². The number of halogens is 1. The highest BCUT2D eigenvalue weighted by molar-refractivity contribution is 5.93. The molecule has 140 valence electrons. The van der Waals surface area contributed by atoms with E-state index in [1.54, 1.807) is 0 Å². The number of aromatic nitrogens is 1. The summed E-state index contributed by atoms with van der Waals surface area (Å²) in [5, 5.41) is 2.61. The molecule has 0 spiro atoms. The van der Waals surface area contributed by atoms with E-state index in [0.717, 1.165) is 31.7 Å². The maximum absolute atomic E-state index is 14.1. The second kappa shape index (κ2) is 7.39. The molecule has 1 fully saturated rings. The van der Waals surface area contributed by atoms with Gasteiger partial charge in [0.15, 0.2) is 5.58 Å². The van der Waals surface area contributed by atoms with Crippen LogP contribution in [0.1, 0.15) is 43.6 Å². The number of rotatable bonds is 4. The first-order valence-electron chi connectivity index (χ1n) is 9.25. The second-order valence-corrected chi connectivity index (χ2v) is 7.22. The van der Waals surface area contributed by atoms with Crippen molar-refractivity contribution in [2.75, 3.05) is 5.32 Å². The average molecular weight is 368 g/mol. The fourth-order valence-electron chi connectivity index (χ4n) is 3.96. The summed E-state index contributed by atoms with van der Waals surface area (Å²) in [7, 11) is 0. The Balaban J connectivity index is 1.35. The Morgan fingerprint density at radius 3 is 2.63 bits per heavy atom. The van der Waals surface area contributed by atoms with E-state index in [1.807, 2.05) is 6.07 Å². The summed E-state index contributed by atoms with van der Waals surface area (Å²) in [4.78, 5) is 25.9. The number of hydrogen-bond acceptors (Lipinski definition) is 3. The highest BCUT2D eigenvalue weighted by Crippen LogP contribution is 2.37. The lowest BCUT2D eigenvalue weighted by Crippen LogP contribution is -2.21. The van der Waals surface area contributed by atoms with Gasteiger partial charge in [0.1, 0.15) is 5.82 Å². The van der Waals surface area contributed by atoms with E-state index in [2.05, 4.69) is 34.6 Å². The molecule has 0 aliphatic heterocycles. The molecule has 5 nitrogen and oxygen atoms in total. The smallest absolute Gasteiger partial charge is 0.408 e. The average Bonchev–Trinajstić information content (AvgIpc) is 3.02.